The summed E-state index contributed by atoms with van der Waals surface area (Å²) in [6, 6.07) is 9.47. The second-order valence-corrected chi connectivity index (χ2v) is 11.1. The van der Waals surface area contributed by atoms with Crippen molar-refractivity contribution in [3.63, 3.8) is 0 Å². The number of aromatic nitrogens is 2. The molecule has 1 aliphatic carbocycles. The van der Waals surface area contributed by atoms with Crippen molar-refractivity contribution in [1.82, 2.24) is 9.97 Å². The van der Waals surface area contributed by atoms with E-state index in [1.807, 2.05) is 44.2 Å². The van der Waals surface area contributed by atoms with Gasteiger partial charge >= 0.3 is 0 Å². The quantitative estimate of drug-likeness (QED) is 0.547. The van der Waals surface area contributed by atoms with Gasteiger partial charge in [0.05, 0.1) is 17.7 Å². The maximum atomic E-state index is 13.5. The lowest BCUT2D eigenvalue weighted by molar-refractivity contribution is 0.102. The van der Waals surface area contributed by atoms with Crippen molar-refractivity contribution in [2.24, 2.45) is 5.41 Å². The van der Waals surface area contributed by atoms with Crippen LogP contribution in [0.3, 0.4) is 0 Å². The molecule has 2 aromatic rings. The summed E-state index contributed by atoms with van der Waals surface area (Å²) in [6.45, 7) is 7.66. The van der Waals surface area contributed by atoms with E-state index in [1.165, 1.54) is 32.1 Å². The summed E-state index contributed by atoms with van der Waals surface area (Å²) in [5.41, 5.74) is 0.577. The molecule has 1 spiro atoms. The largest absolute Gasteiger partial charge is 0.394 e. The van der Waals surface area contributed by atoms with Gasteiger partial charge in [-0.25, -0.2) is 9.97 Å². The molecule has 35 heavy (non-hydrogen) atoms. The second kappa shape index (κ2) is 9.64. The van der Waals surface area contributed by atoms with Crippen LogP contribution in [0, 0.1) is 5.41 Å². The van der Waals surface area contributed by atoms with Crippen LogP contribution < -0.4 is 20.4 Å². The van der Waals surface area contributed by atoms with Gasteiger partial charge in [-0.05, 0) is 88.5 Å². The summed E-state index contributed by atoms with van der Waals surface area (Å²) in [5.74, 6) is 2.63. The Bertz CT molecular complexity index is 1050. The minimum Gasteiger partial charge on any atom is -0.394 e. The SMILES string of the molecule is CC(C)(CO)Nc1ccc(C(=O)Nc2cccc(N3CCCCC3)n2)c(N2CCC3(CC2)CC3)n1. The van der Waals surface area contributed by atoms with Crippen molar-refractivity contribution in [1.29, 1.82) is 0 Å². The Morgan fingerprint density at radius 3 is 2.37 bits per heavy atom. The average Bonchev–Trinajstić information content (AvgIpc) is 3.63. The lowest BCUT2D eigenvalue weighted by Gasteiger charge is -2.34. The summed E-state index contributed by atoms with van der Waals surface area (Å²) in [6.07, 6.45) is 8.57. The molecule has 5 rings (SSSR count). The molecular weight excluding hydrogens is 440 g/mol. The number of hydrogen-bond donors (Lipinski definition) is 3. The lowest BCUT2D eigenvalue weighted by Crippen LogP contribution is -2.38. The number of pyridine rings is 2. The van der Waals surface area contributed by atoms with E-state index in [2.05, 4.69) is 20.4 Å². The van der Waals surface area contributed by atoms with Gasteiger partial charge in [-0.3, -0.25) is 4.79 Å². The van der Waals surface area contributed by atoms with E-state index in [0.29, 0.717) is 28.4 Å². The molecule has 3 N–H and O–H groups in total. The first-order valence-electron chi connectivity index (χ1n) is 13.0. The van der Waals surface area contributed by atoms with Crippen LogP contribution >= 0.6 is 0 Å². The van der Waals surface area contributed by atoms with Gasteiger partial charge in [-0.15, -0.1) is 0 Å². The number of carbonyl (C=O) groups is 1. The number of anilines is 4. The van der Waals surface area contributed by atoms with Crippen LogP contribution in [0.15, 0.2) is 30.3 Å². The minimum atomic E-state index is -0.507. The number of aliphatic hydroxyl groups is 1. The third-order valence-electron chi connectivity index (χ3n) is 7.72. The molecule has 0 aromatic carbocycles. The van der Waals surface area contributed by atoms with Gasteiger partial charge in [0.1, 0.15) is 23.3 Å². The van der Waals surface area contributed by atoms with Gasteiger partial charge in [-0.1, -0.05) is 6.07 Å². The summed E-state index contributed by atoms with van der Waals surface area (Å²) in [5, 5.41) is 16.0. The van der Waals surface area contributed by atoms with Crippen LogP contribution in [0.4, 0.5) is 23.3 Å². The molecule has 2 aromatic heterocycles. The summed E-state index contributed by atoms with van der Waals surface area (Å²) < 4.78 is 0. The van der Waals surface area contributed by atoms with Crippen LogP contribution in [0.1, 0.15) is 69.2 Å². The van der Waals surface area contributed by atoms with Gasteiger partial charge in [0.2, 0.25) is 0 Å². The topological polar surface area (TPSA) is 93.6 Å². The Balaban J connectivity index is 1.38. The maximum Gasteiger partial charge on any atom is 0.260 e. The molecule has 0 bridgehead atoms. The number of piperidine rings is 2. The molecule has 2 aliphatic heterocycles. The van der Waals surface area contributed by atoms with Crippen molar-refractivity contribution in [2.75, 3.05) is 53.2 Å². The van der Waals surface area contributed by atoms with Crippen molar-refractivity contribution >= 4 is 29.2 Å². The second-order valence-electron chi connectivity index (χ2n) is 11.1. The smallest absolute Gasteiger partial charge is 0.260 e. The molecule has 0 radical (unpaired) electrons. The Kier molecular flexibility index (Phi) is 6.57. The van der Waals surface area contributed by atoms with Crippen LogP contribution in [-0.2, 0) is 0 Å². The molecule has 3 fully saturated rings. The predicted molar refractivity (Wildman–Crippen MR) is 140 cm³/mol. The third kappa shape index (κ3) is 5.53. The monoisotopic (exact) mass is 478 g/mol. The molecule has 1 saturated carbocycles. The van der Waals surface area contributed by atoms with E-state index in [-0.39, 0.29) is 12.5 Å². The molecule has 0 unspecified atom stereocenters. The van der Waals surface area contributed by atoms with Gasteiger partial charge in [0.25, 0.3) is 5.91 Å². The van der Waals surface area contributed by atoms with E-state index in [0.717, 1.165) is 44.8 Å². The zero-order chi connectivity index (χ0) is 24.5. The van der Waals surface area contributed by atoms with E-state index < -0.39 is 5.54 Å². The highest BCUT2D eigenvalue weighted by Gasteiger charge is 2.45. The number of nitrogens with zero attached hydrogens (tertiary/aromatic N) is 4. The van der Waals surface area contributed by atoms with Gasteiger partial charge in [0.15, 0.2) is 0 Å². The van der Waals surface area contributed by atoms with E-state index in [4.69, 9.17) is 9.97 Å². The van der Waals surface area contributed by atoms with Crippen molar-refractivity contribution in [2.45, 2.75) is 64.3 Å². The Morgan fingerprint density at radius 2 is 1.69 bits per heavy atom. The van der Waals surface area contributed by atoms with Gasteiger partial charge in [-0.2, -0.15) is 0 Å². The number of nitrogens with one attached hydrogen (secondary N) is 2. The van der Waals surface area contributed by atoms with Gasteiger partial charge < -0.3 is 25.5 Å². The fourth-order valence-corrected chi connectivity index (χ4v) is 5.17. The molecule has 1 amide bonds. The molecule has 2 saturated heterocycles. The highest BCUT2D eigenvalue weighted by Crippen LogP contribution is 2.54. The first-order chi connectivity index (χ1) is 16.9. The Hall–Kier alpha value is -2.87. The van der Waals surface area contributed by atoms with Crippen molar-refractivity contribution in [3.05, 3.63) is 35.9 Å². The molecule has 188 valence electrons. The number of hydrogen-bond acceptors (Lipinski definition) is 7. The highest BCUT2D eigenvalue weighted by molar-refractivity contribution is 6.07. The van der Waals surface area contributed by atoms with E-state index in [9.17, 15) is 9.90 Å². The molecular formula is C27H38N6O2. The molecule has 8 nitrogen and oxygen atoms in total. The van der Waals surface area contributed by atoms with Crippen LogP contribution in [0.2, 0.25) is 0 Å². The summed E-state index contributed by atoms with van der Waals surface area (Å²) >= 11 is 0. The number of carbonyl (C=O) groups excluding carboxylic acids is 1. The van der Waals surface area contributed by atoms with Crippen molar-refractivity contribution in [3.8, 4) is 0 Å². The Morgan fingerprint density at radius 1 is 0.943 bits per heavy atom. The first kappa shape index (κ1) is 23.9. The zero-order valence-electron chi connectivity index (χ0n) is 21.0. The van der Waals surface area contributed by atoms with E-state index >= 15 is 0 Å². The van der Waals surface area contributed by atoms with Crippen molar-refractivity contribution < 1.29 is 9.90 Å². The minimum absolute atomic E-state index is 0.0164. The number of amides is 1. The fraction of sp³-hybridized carbons (Fsp3) is 0.593. The molecule has 4 heterocycles. The normalized spacial score (nSPS) is 19.5. The lowest BCUT2D eigenvalue weighted by atomic mass is 9.93. The van der Waals surface area contributed by atoms with E-state index in [1.54, 1.807) is 0 Å². The molecule has 3 aliphatic rings. The summed E-state index contributed by atoms with van der Waals surface area (Å²) in [4.78, 5) is 27.6. The number of aliphatic hydroxyl groups excluding tert-OH is 1. The van der Waals surface area contributed by atoms with Crippen LogP contribution in [0.25, 0.3) is 0 Å². The Labute approximate surface area is 208 Å². The number of rotatable bonds is 7. The molecule has 0 atom stereocenters. The van der Waals surface area contributed by atoms with Gasteiger partial charge in [0, 0.05) is 26.2 Å². The average molecular weight is 479 g/mol. The first-order valence-corrected chi connectivity index (χ1v) is 13.0. The standard InChI is InChI=1S/C27H38N6O2/c1-26(2,19-34)31-22-10-9-20(24(29-22)33-17-13-27(11-12-27)14-18-33)25(35)30-21-7-6-8-23(28-21)32-15-4-3-5-16-32/h6-10,34H,3-5,11-19H2,1-2H3,(H,29,31)(H,28,30,35). The zero-order valence-corrected chi connectivity index (χ0v) is 21.0. The fourth-order valence-electron chi connectivity index (χ4n) is 5.17. The highest BCUT2D eigenvalue weighted by atomic mass is 16.3. The third-order valence-corrected chi connectivity index (χ3v) is 7.72. The van der Waals surface area contributed by atoms with Crippen LogP contribution in [0.5, 0.6) is 0 Å². The predicted octanol–water partition coefficient (Wildman–Crippen LogP) is 4.28. The summed E-state index contributed by atoms with van der Waals surface area (Å²) in [7, 11) is 0. The maximum absolute atomic E-state index is 13.5. The van der Waals surface area contributed by atoms with Crippen LogP contribution in [-0.4, -0.2) is 59.3 Å². The molecule has 8 heteroatoms.